The molecule has 2 N–H and O–H groups in total. The summed E-state index contributed by atoms with van der Waals surface area (Å²) >= 11 is 1.24. The third-order valence-corrected chi connectivity index (χ3v) is 2.23. The number of nitrogens with zero attached hydrogens (tertiary/aromatic N) is 2. The lowest BCUT2D eigenvalue weighted by molar-refractivity contribution is 0.550. The molecule has 12 heavy (non-hydrogen) atoms. The Bertz CT molecular complexity index is 393. The molecule has 2 rings (SSSR count). The van der Waals surface area contributed by atoms with E-state index in [1.54, 1.807) is 0 Å². The van der Waals surface area contributed by atoms with Gasteiger partial charge in [-0.05, 0) is 30.6 Å². The maximum atomic E-state index is 5.56. The van der Waals surface area contributed by atoms with Crippen LogP contribution in [0.3, 0.4) is 0 Å². The lowest BCUT2D eigenvalue weighted by atomic mass is 10.4. The minimum absolute atomic E-state index is 0.425. The van der Waals surface area contributed by atoms with Crippen LogP contribution in [0.25, 0.3) is 10.6 Å². The minimum Gasteiger partial charge on any atom is -0.460 e. The van der Waals surface area contributed by atoms with E-state index in [-0.39, 0.29) is 0 Å². The minimum atomic E-state index is 0.425. The van der Waals surface area contributed by atoms with Crippen molar-refractivity contribution in [3.8, 4) is 10.6 Å². The third-order valence-electron chi connectivity index (χ3n) is 1.48. The Morgan fingerprint density at radius 1 is 1.50 bits per heavy atom. The van der Waals surface area contributed by atoms with Gasteiger partial charge in [0.2, 0.25) is 0 Å². The molecule has 0 aliphatic rings. The van der Waals surface area contributed by atoms with E-state index in [9.17, 15) is 0 Å². The van der Waals surface area contributed by atoms with Gasteiger partial charge in [-0.25, -0.2) is 0 Å². The van der Waals surface area contributed by atoms with E-state index in [2.05, 4.69) is 9.59 Å². The van der Waals surface area contributed by atoms with Crippen molar-refractivity contribution in [1.82, 2.24) is 9.59 Å². The summed E-state index contributed by atoms with van der Waals surface area (Å²) in [5.74, 6) is 2.02. The van der Waals surface area contributed by atoms with Crippen molar-refractivity contribution in [2.75, 3.05) is 5.73 Å². The van der Waals surface area contributed by atoms with Crippen LogP contribution in [0.1, 0.15) is 5.76 Å². The van der Waals surface area contributed by atoms with Gasteiger partial charge in [0, 0.05) is 0 Å². The van der Waals surface area contributed by atoms with Crippen LogP contribution in [-0.4, -0.2) is 9.59 Å². The van der Waals surface area contributed by atoms with Crippen molar-refractivity contribution in [3.63, 3.8) is 0 Å². The highest BCUT2D eigenvalue weighted by atomic mass is 32.1. The molecule has 2 heterocycles. The quantitative estimate of drug-likeness (QED) is 0.727. The first kappa shape index (κ1) is 7.30. The Morgan fingerprint density at radius 3 is 2.83 bits per heavy atom. The van der Waals surface area contributed by atoms with E-state index in [0.717, 1.165) is 16.4 Å². The van der Waals surface area contributed by atoms with E-state index in [0.29, 0.717) is 5.82 Å². The Kier molecular flexibility index (Phi) is 1.58. The number of nitrogens with two attached hydrogens (primary N) is 1. The first-order valence-corrected chi connectivity index (χ1v) is 4.19. The lowest BCUT2D eigenvalue weighted by Gasteiger charge is -1.89. The smallest absolute Gasteiger partial charge is 0.169 e. The Morgan fingerprint density at radius 2 is 2.33 bits per heavy atom. The van der Waals surface area contributed by atoms with Crippen LogP contribution in [0.4, 0.5) is 5.82 Å². The van der Waals surface area contributed by atoms with Gasteiger partial charge in [-0.1, -0.05) is 4.49 Å². The molecule has 0 aliphatic heterocycles. The van der Waals surface area contributed by atoms with Crippen LogP contribution in [-0.2, 0) is 0 Å². The van der Waals surface area contributed by atoms with Crippen molar-refractivity contribution in [2.24, 2.45) is 0 Å². The summed E-state index contributed by atoms with van der Waals surface area (Å²) in [4.78, 5) is 0.795. The molecule has 0 radical (unpaired) electrons. The number of rotatable bonds is 1. The fraction of sp³-hybridized carbons (Fsp3) is 0.143. The molecule has 0 amide bonds. The highest BCUT2D eigenvalue weighted by molar-refractivity contribution is 7.09. The summed E-state index contributed by atoms with van der Waals surface area (Å²) in [7, 11) is 0. The first-order chi connectivity index (χ1) is 5.77. The summed E-state index contributed by atoms with van der Waals surface area (Å²) < 4.78 is 9.07. The Hall–Kier alpha value is -1.36. The monoisotopic (exact) mass is 181 g/mol. The maximum absolute atomic E-state index is 5.56. The molecule has 0 fully saturated rings. The Labute approximate surface area is 73.2 Å². The molecule has 0 aliphatic carbocycles. The maximum Gasteiger partial charge on any atom is 0.169 e. The average molecular weight is 181 g/mol. The molecule has 0 saturated carbocycles. The highest BCUT2D eigenvalue weighted by Crippen LogP contribution is 2.28. The van der Waals surface area contributed by atoms with Gasteiger partial charge < -0.3 is 10.2 Å². The second kappa shape index (κ2) is 2.60. The zero-order valence-corrected chi connectivity index (χ0v) is 7.26. The Balaban J connectivity index is 2.50. The van der Waals surface area contributed by atoms with Crippen LogP contribution in [0.5, 0.6) is 0 Å². The van der Waals surface area contributed by atoms with Crippen LogP contribution in [0.2, 0.25) is 0 Å². The second-order valence-electron chi connectivity index (χ2n) is 2.40. The molecule has 0 spiro atoms. The van der Waals surface area contributed by atoms with Crippen molar-refractivity contribution in [2.45, 2.75) is 6.92 Å². The standard InChI is InChI=1S/C7H7N3OS/c1-4-2-3-5(11-4)6-7(8)9-10-12-6/h2-3H,8H2,1H3. The van der Waals surface area contributed by atoms with Gasteiger partial charge in [0.05, 0.1) is 0 Å². The van der Waals surface area contributed by atoms with E-state index < -0.39 is 0 Å². The lowest BCUT2D eigenvalue weighted by Crippen LogP contribution is -1.85. The molecule has 0 aromatic carbocycles. The molecular weight excluding hydrogens is 174 g/mol. The molecule has 5 heteroatoms. The van der Waals surface area contributed by atoms with Crippen LogP contribution in [0, 0.1) is 6.92 Å². The van der Waals surface area contributed by atoms with Crippen molar-refractivity contribution >= 4 is 17.4 Å². The van der Waals surface area contributed by atoms with Gasteiger partial charge in [0.1, 0.15) is 16.4 Å². The topological polar surface area (TPSA) is 64.9 Å². The molecule has 0 saturated heterocycles. The normalized spacial score (nSPS) is 10.4. The summed E-state index contributed by atoms with van der Waals surface area (Å²) in [6, 6.07) is 3.75. The van der Waals surface area contributed by atoms with Crippen molar-refractivity contribution in [1.29, 1.82) is 0 Å². The molecule has 0 unspecified atom stereocenters. The van der Waals surface area contributed by atoms with Gasteiger partial charge in [-0.3, -0.25) is 0 Å². The summed E-state index contributed by atoms with van der Waals surface area (Å²) in [6.45, 7) is 1.88. The number of hydrogen-bond donors (Lipinski definition) is 1. The van der Waals surface area contributed by atoms with Gasteiger partial charge in [-0.2, -0.15) is 0 Å². The number of furan rings is 1. The number of anilines is 1. The number of aromatic nitrogens is 2. The predicted octanol–water partition coefficient (Wildman–Crippen LogP) is 1.69. The molecule has 2 aromatic heterocycles. The van der Waals surface area contributed by atoms with E-state index >= 15 is 0 Å². The van der Waals surface area contributed by atoms with Crippen molar-refractivity contribution in [3.05, 3.63) is 17.9 Å². The SMILES string of the molecule is Cc1ccc(-c2snnc2N)o1. The van der Waals surface area contributed by atoms with Gasteiger partial charge >= 0.3 is 0 Å². The molecule has 0 bridgehead atoms. The summed E-state index contributed by atoms with van der Waals surface area (Å²) in [5.41, 5.74) is 5.56. The number of hydrogen-bond acceptors (Lipinski definition) is 5. The first-order valence-electron chi connectivity index (χ1n) is 3.42. The van der Waals surface area contributed by atoms with Gasteiger partial charge in [-0.15, -0.1) is 5.10 Å². The highest BCUT2D eigenvalue weighted by Gasteiger charge is 2.09. The zero-order chi connectivity index (χ0) is 8.55. The molecule has 0 atom stereocenters. The number of aryl methyl sites for hydroxylation is 1. The fourth-order valence-corrected chi connectivity index (χ4v) is 1.47. The van der Waals surface area contributed by atoms with Crippen LogP contribution < -0.4 is 5.73 Å². The molecule has 62 valence electrons. The predicted molar refractivity (Wildman–Crippen MR) is 46.8 cm³/mol. The zero-order valence-electron chi connectivity index (χ0n) is 6.44. The van der Waals surface area contributed by atoms with E-state index in [4.69, 9.17) is 10.2 Å². The average Bonchev–Trinajstić information content (AvgIpc) is 2.58. The third kappa shape index (κ3) is 1.08. The van der Waals surface area contributed by atoms with Crippen LogP contribution >= 0.6 is 11.5 Å². The van der Waals surface area contributed by atoms with E-state index in [1.807, 2.05) is 19.1 Å². The van der Waals surface area contributed by atoms with Gasteiger partial charge in [0.25, 0.3) is 0 Å². The number of nitrogen functional groups attached to an aromatic ring is 1. The largest absolute Gasteiger partial charge is 0.460 e. The summed E-state index contributed by atoms with van der Waals surface area (Å²) in [5, 5.41) is 3.69. The van der Waals surface area contributed by atoms with Crippen molar-refractivity contribution < 1.29 is 4.42 Å². The second-order valence-corrected chi connectivity index (χ2v) is 3.15. The van der Waals surface area contributed by atoms with Gasteiger partial charge in [0.15, 0.2) is 5.82 Å². The molecule has 2 aromatic rings. The fourth-order valence-electron chi connectivity index (χ4n) is 0.925. The summed E-state index contributed by atoms with van der Waals surface area (Å²) in [6.07, 6.45) is 0. The molecular formula is C7H7N3OS. The molecule has 4 nitrogen and oxygen atoms in total. The van der Waals surface area contributed by atoms with Crippen LogP contribution in [0.15, 0.2) is 16.5 Å². The van der Waals surface area contributed by atoms with E-state index in [1.165, 1.54) is 11.5 Å².